The van der Waals surface area contributed by atoms with E-state index in [0.29, 0.717) is 36.9 Å². The summed E-state index contributed by atoms with van der Waals surface area (Å²) in [5, 5.41) is 3.38. The molecule has 0 spiro atoms. The Hall–Kier alpha value is -2.27. The summed E-state index contributed by atoms with van der Waals surface area (Å²) in [6.07, 6.45) is -0.169. The largest absolute Gasteiger partial charge is 0.493 e. The van der Waals surface area contributed by atoms with Crippen LogP contribution < -0.4 is 19.5 Å². The number of halogens is 2. The second-order valence-electron chi connectivity index (χ2n) is 7.56. The van der Waals surface area contributed by atoms with Gasteiger partial charge in [0.25, 0.3) is 0 Å². The van der Waals surface area contributed by atoms with Crippen LogP contribution >= 0.6 is 24.0 Å². The molecule has 7 nitrogen and oxygen atoms in total. The van der Waals surface area contributed by atoms with Gasteiger partial charge < -0.3 is 29.2 Å². The van der Waals surface area contributed by atoms with Crippen molar-refractivity contribution in [1.29, 1.82) is 0 Å². The third kappa shape index (κ3) is 6.63. The quantitative estimate of drug-likeness (QED) is 0.301. The Morgan fingerprint density at radius 3 is 2.36 bits per heavy atom. The van der Waals surface area contributed by atoms with Gasteiger partial charge in [-0.1, -0.05) is 12.1 Å². The van der Waals surface area contributed by atoms with E-state index in [4.69, 9.17) is 23.9 Å². The second-order valence-corrected chi connectivity index (χ2v) is 7.56. The standard InChI is InChI=1S/C24H32FN3O4.HI/c1-6-26-24(27-13-18-9-12-20(29-3)23(31-5)22(18)30-4)28-14-16(2)32-21(15-28)17-7-10-19(25)11-8-17;/h7-12,16,21H,6,13-15H2,1-5H3,(H,26,27);1H. The van der Waals surface area contributed by atoms with Crippen LogP contribution in [-0.4, -0.2) is 57.9 Å². The molecule has 0 radical (unpaired) electrons. The molecule has 1 aliphatic heterocycles. The second kappa shape index (κ2) is 12.8. The van der Waals surface area contributed by atoms with Crippen LogP contribution in [0.3, 0.4) is 0 Å². The minimum Gasteiger partial charge on any atom is -0.493 e. The van der Waals surface area contributed by atoms with E-state index in [9.17, 15) is 4.39 Å². The predicted octanol–water partition coefficient (Wildman–Crippen LogP) is 4.40. The Labute approximate surface area is 212 Å². The number of benzene rings is 2. The van der Waals surface area contributed by atoms with Crippen LogP contribution in [0.4, 0.5) is 4.39 Å². The highest BCUT2D eigenvalue weighted by Crippen LogP contribution is 2.40. The highest BCUT2D eigenvalue weighted by atomic mass is 127. The number of aliphatic imine (C=N–C) groups is 1. The van der Waals surface area contributed by atoms with E-state index in [0.717, 1.165) is 23.6 Å². The summed E-state index contributed by atoms with van der Waals surface area (Å²) in [6, 6.07) is 10.2. The van der Waals surface area contributed by atoms with E-state index in [2.05, 4.69) is 10.2 Å². The summed E-state index contributed by atoms with van der Waals surface area (Å²) in [6.45, 7) is 6.52. The monoisotopic (exact) mass is 573 g/mol. The van der Waals surface area contributed by atoms with Crippen molar-refractivity contribution < 1.29 is 23.3 Å². The van der Waals surface area contributed by atoms with Gasteiger partial charge in [0.15, 0.2) is 17.5 Å². The molecule has 3 rings (SSSR count). The Balaban J connectivity index is 0.00000385. The van der Waals surface area contributed by atoms with Gasteiger partial charge in [-0.3, -0.25) is 0 Å². The molecule has 0 aromatic heterocycles. The van der Waals surface area contributed by atoms with Gasteiger partial charge in [0, 0.05) is 18.7 Å². The summed E-state index contributed by atoms with van der Waals surface area (Å²) in [4.78, 5) is 7.04. The molecule has 0 saturated carbocycles. The summed E-state index contributed by atoms with van der Waals surface area (Å²) >= 11 is 0. The SMILES string of the molecule is CCNC(=NCc1ccc(OC)c(OC)c1OC)N1CC(C)OC(c2ccc(F)cc2)C1.I. The zero-order chi connectivity index (χ0) is 23.1. The third-order valence-electron chi connectivity index (χ3n) is 5.32. The Morgan fingerprint density at radius 2 is 1.76 bits per heavy atom. The van der Waals surface area contributed by atoms with Crippen molar-refractivity contribution in [3.8, 4) is 17.2 Å². The molecule has 0 aliphatic carbocycles. The molecular weight excluding hydrogens is 540 g/mol. The van der Waals surface area contributed by atoms with Gasteiger partial charge in [-0.25, -0.2) is 9.38 Å². The van der Waals surface area contributed by atoms with Crippen molar-refractivity contribution in [2.45, 2.75) is 32.6 Å². The van der Waals surface area contributed by atoms with Gasteiger partial charge in [0.05, 0.1) is 40.5 Å². The van der Waals surface area contributed by atoms with E-state index in [1.54, 1.807) is 33.5 Å². The highest BCUT2D eigenvalue weighted by molar-refractivity contribution is 14.0. The van der Waals surface area contributed by atoms with Crippen molar-refractivity contribution in [2.75, 3.05) is 41.0 Å². The van der Waals surface area contributed by atoms with Gasteiger partial charge >= 0.3 is 0 Å². The Kier molecular flexibility index (Phi) is 10.5. The summed E-state index contributed by atoms with van der Waals surface area (Å²) < 4.78 is 35.9. The van der Waals surface area contributed by atoms with Crippen LogP contribution in [0, 0.1) is 5.82 Å². The normalized spacial score (nSPS) is 18.4. The molecule has 1 N–H and O–H groups in total. The molecule has 2 unspecified atom stereocenters. The molecule has 1 heterocycles. The number of methoxy groups -OCH3 is 3. The Bertz CT molecular complexity index is 927. The number of rotatable bonds is 7. The Morgan fingerprint density at radius 1 is 1.06 bits per heavy atom. The first-order valence-corrected chi connectivity index (χ1v) is 10.7. The maximum Gasteiger partial charge on any atom is 0.203 e. The van der Waals surface area contributed by atoms with Crippen molar-refractivity contribution >= 4 is 29.9 Å². The molecule has 1 aliphatic rings. The average molecular weight is 573 g/mol. The molecular formula is C24H33FIN3O4. The lowest BCUT2D eigenvalue weighted by atomic mass is 10.1. The van der Waals surface area contributed by atoms with Gasteiger partial charge in [0.2, 0.25) is 5.75 Å². The lowest BCUT2D eigenvalue weighted by molar-refractivity contribution is -0.0605. The number of hydrogen-bond acceptors (Lipinski definition) is 5. The first-order chi connectivity index (χ1) is 15.5. The number of nitrogens with zero attached hydrogens (tertiary/aromatic N) is 2. The number of guanidine groups is 1. The smallest absolute Gasteiger partial charge is 0.203 e. The van der Waals surface area contributed by atoms with Crippen LogP contribution in [0.15, 0.2) is 41.4 Å². The van der Waals surface area contributed by atoms with E-state index >= 15 is 0 Å². The predicted molar refractivity (Wildman–Crippen MR) is 138 cm³/mol. The zero-order valence-corrected chi connectivity index (χ0v) is 22.1. The molecule has 2 aromatic carbocycles. The molecule has 9 heteroatoms. The van der Waals surface area contributed by atoms with Crippen LogP contribution in [0.5, 0.6) is 17.2 Å². The zero-order valence-electron chi connectivity index (χ0n) is 19.8. The molecule has 182 valence electrons. The highest BCUT2D eigenvalue weighted by Gasteiger charge is 2.28. The van der Waals surface area contributed by atoms with Crippen molar-refractivity contribution in [3.05, 3.63) is 53.3 Å². The number of hydrogen-bond donors (Lipinski definition) is 1. The minimum atomic E-state index is -0.256. The van der Waals surface area contributed by atoms with Gasteiger partial charge in [-0.05, 0) is 43.7 Å². The molecule has 2 aromatic rings. The molecule has 1 fully saturated rings. The van der Waals surface area contributed by atoms with Crippen LogP contribution in [0.25, 0.3) is 0 Å². The summed E-state index contributed by atoms with van der Waals surface area (Å²) in [5.74, 6) is 2.28. The number of nitrogens with one attached hydrogen (secondary N) is 1. The van der Waals surface area contributed by atoms with Crippen LogP contribution in [-0.2, 0) is 11.3 Å². The number of ether oxygens (including phenoxy) is 4. The lowest BCUT2D eigenvalue weighted by Crippen LogP contribution is -2.50. The first-order valence-electron chi connectivity index (χ1n) is 10.7. The van der Waals surface area contributed by atoms with Gasteiger partial charge in [0.1, 0.15) is 11.9 Å². The maximum absolute atomic E-state index is 13.4. The van der Waals surface area contributed by atoms with Crippen LogP contribution in [0.2, 0.25) is 0 Å². The molecule has 0 bridgehead atoms. The fourth-order valence-corrected chi connectivity index (χ4v) is 3.86. The van der Waals surface area contributed by atoms with Crippen molar-refractivity contribution in [3.63, 3.8) is 0 Å². The van der Waals surface area contributed by atoms with Crippen molar-refractivity contribution in [1.82, 2.24) is 10.2 Å². The van der Waals surface area contributed by atoms with E-state index < -0.39 is 0 Å². The average Bonchev–Trinajstić information content (AvgIpc) is 2.80. The van der Waals surface area contributed by atoms with Crippen LogP contribution in [0.1, 0.15) is 31.1 Å². The van der Waals surface area contributed by atoms with E-state index in [-0.39, 0.29) is 42.0 Å². The summed E-state index contributed by atoms with van der Waals surface area (Å²) in [7, 11) is 4.78. The minimum absolute atomic E-state index is 0. The summed E-state index contributed by atoms with van der Waals surface area (Å²) in [5.41, 5.74) is 1.83. The molecule has 33 heavy (non-hydrogen) atoms. The van der Waals surface area contributed by atoms with Gasteiger partial charge in [-0.2, -0.15) is 0 Å². The van der Waals surface area contributed by atoms with Gasteiger partial charge in [-0.15, -0.1) is 24.0 Å². The fourth-order valence-electron chi connectivity index (χ4n) is 3.86. The number of morpholine rings is 1. The lowest BCUT2D eigenvalue weighted by Gasteiger charge is -2.38. The first kappa shape index (κ1) is 27.0. The maximum atomic E-state index is 13.4. The topological polar surface area (TPSA) is 64.6 Å². The third-order valence-corrected chi connectivity index (χ3v) is 5.32. The molecule has 0 amide bonds. The molecule has 1 saturated heterocycles. The van der Waals surface area contributed by atoms with E-state index in [1.165, 1.54) is 12.1 Å². The van der Waals surface area contributed by atoms with Crippen molar-refractivity contribution in [2.24, 2.45) is 4.99 Å². The molecule has 2 atom stereocenters. The fraction of sp³-hybridized carbons (Fsp3) is 0.458. The van der Waals surface area contributed by atoms with E-state index in [1.807, 2.05) is 26.0 Å².